The first-order valence-electron chi connectivity index (χ1n) is 5.15. The molecule has 0 aliphatic rings. The van der Waals surface area contributed by atoms with E-state index in [0.29, 0.717) is 16.7 Å². The lowest BCUT2D eigenvalue weighted by Crippen LogP contribution is -2.17. The molecule has 0 spiro atoms. The summed E-state index contributed by atoms with van der Waals surface area (Å²) in [7, 11) is 0. The quantitative estimate of drug-likeness (QED) is 0.764. The van der Waals surface area contributed by atoms with Crippen molar-refractivity contribution < 1.29 is 0 Å². The molecule has 0 aromatic carbocycles. The normalized spacial score (nSPS) is 12.1. The summed E-state index contributed by atoms with van der Waals surface area (Å²) in [6.07, 6.45) is 4.97. The second-order valence-corrected chi connectivity index (χ2v) is 5.05. The first kappa shape index (κ1) is 13.3. The predicted octanol–water partition coefficient (Wildman–Crippen LogP) is 2.27. The lowest BCUT2D eigenvalue weighted by atomic mass is 10.2. The zero-order chi connectivity index (χ0) is 12.0. The van der Waals surface area contributed by atoms with Crippen molar-refractivity contribution in [3.05, 3.63) is 24.0 Å². The first-order chi connectivity index (χ1) is 7.63. The summed E-state index contributed by atoms with van der Waals surface area (Å²) in [5, 5.41) is 3.40. The van der Waals surface area contributed by atoms with Crippen LogP contribution in [0.4, 0.5) is 5.69 Å². The smallest absolute Gasteiger partial charge is 0.122 e. The number of rotatable bonds is 6. The van der Waals surface area contributed by atoms with Crippen LogP contribution in [0, 0.1) is 0 Å². The largest absolute Gasteiger partial charge is 0.388 e. The lowest BCUT2D eigenvalue weighted by Gasteiger charge is -2.14. The molecule has 88 valence electrons. The van der Waals surface area contributed by atoms with E-state index < -0.39 is 0 Å². The van der Waals surface area contributed by atoms with Crippen LogP contribution in [0.2, 0.25) is 0 Å². The molecule has 1 rings (SSSR count). The number of anilines is 1. The summed E-state index contributed by atoms with van der Waals surface area (Å²) in [5.74, 6) is 1.15. The maximum atomic E-state index is 5.53. The molecule has 1 atom stereocenters. The van der Waals surface area contributed by atoms with Crippen LogP contribution in [0.15, 0.2) is 18.3 Å². The first-order valence-corrected chi connectivity index (χ1v) is 6.95. The highest BCUT2D eigenvalue weighted by molar-refractivity contribution is 7.98. The Balaban J connectivity index is 2.59. The van der Waals surface area contributed by atoms with E-state index in [9.17, 15) is 0 Å². The van der Waals surface area contributed by atoms with Gasteiger partial charge in [-0.25, -0.2) is 0 Å². The van der Waals surface area contributed by atoms with Gasteiger partial charge in [0.25, 0.3) is 0 Å². The van der Waals surface area contributed by atoms with Crippen LogP contribution in [0.5, 0.6) is 0 Å². The van der Waals surface area contributed by atoms with E-state index >= 15 is 0 Å². The molecule has 1 aromatic heterocycles. The molecule has 3 N–H and O–H groups in total. The van der Waals surface area contributed by atoms with Gasteiger partial charge in [-0.2, -0.15) is 11.8 Å². The number of thiocarbonyl (C=S) groups is 1. The van der Waals surface area contributed by atoms with Crippen LogP contribution in [0.3, 0.4) is 0 Å². The SMILES string of the molecule is CSCCC(C)Nc1ccnc(C(N)=S)c1. The Kier molecular flexibility index (Phi) is 5.55. The summed E-state index contributed by atoms with van der Waals surface area (Å²) in [6, 6.07) is 4.25. The summed E-state index contributed by atoms with van der Waals surface area (Å²) in [4.78, 5) is 4.43. The highest BCUT2D eigenvalue weighted by atomic mass is 32.2. The third-order valence-electron chi connectivity index (χ3n) is 2.18. The summed E-state index contributed by atoms with van der Waals surface area (Å²) in [6.45, 7) is 2.16. The molecule has 0 fully saturated rings. The molecule has 0 aliphatic carbocycles. The van der Waals surface area contributed by atoms with Gasteiger partial charge in [0.2, 0.25) is 0 Å². The van der Waals surface area contributed by atoms with E-state index in [4.69, 9.17) is 18.0 Å². The van der Waals surface area contributed by atoms with Crippen molar-refractivity contribution >= 4 is 34.7 Å². The van der Waals surface area contributed by atoms with Crippen molar-refractivity contribution in [3.8, 4) is 0 Å². The van der Waals surface area contributed by atoms with Crippen LogP contribution in [-0.4, -0.2) is 28.0 Å². The van der Waals surface area contributed by atoms with Gasteiger partial charge in [0.1, 0.15) is 4.99 Å². The Bertz CT molecular complexity index is 355. The van der Waals surface area contributed by atoms with Crippen LogP contribution < -0.4 is 11.1 Å². The predicted molar refractivity (Wildman–Crippen MR) is 76.2 cm³/mol. The molecule has 1 heterocycles. The molecular weight excluding hydrogens is 238 g/mol. The Labute approximate surface area is 106 Å². The summed E-state index contributed by atoms with van der Waals surface area (Å²) >= 11 is 6.74. The van der Waals surface area contributed by atoms with E-state index in [-0.39, 0.29) is 0 Å². The van der Waals surface area contributed by atoms with Crippen molar-refractivity contribution in [2.45, 2.75) is 19.4 Å². The number of nitrogens with two attached hydrogens (primary N) is 1. The average Bonchev–Trinajstić information content (AvgIpc) is 2.26. The Morgan fingerprint density at radius 2 is 2.44 bits per heavy atom. The second kappa shape index (κ2) is 6.70. The molecule has 5 heteroatoms. The minimum Gasteiger partial charge on any atom is -0.388 e. The van der Waals surface area contributed by atoms with Crippen LogP contribution >= 0.6 is 24.0 Å². The third-order valence-corrected chi connectivity index (χ3v) is 3.03. The third kappa shape index (κ3) is 4.37. The summed E-state index contributed by atoms with van der Waals surface area (Å²) < 4.78 is 0. The van der Waals surface area contributed by atoms with Gasteiger partial charge in [-0.3, -0.25) is 4.98 Å². The number of aromatic nitrogens is 1. The van der Waals surface area contributed by atoms with Gasteiger partial charge in [-0.1, -0.05) is 12.2 Å². The Morgan fingerprint density at radius 3 is 3.06 bits per heavy atom. The van der Waals surface area contributed by atoms with Gasteiger partial charge < -0.3 is 11.1 Å². The Morgan fingerprint density at radius 1 is 1.69 bits per heavy atom. The van der Waals surface area contributed by atoms with E-state index in [0.717, 1.165) is 17.9 Å². The highest BCUT2D eigenvalue weighted by Gasteiger charge is 2.03. The Hall–Kier alpha value is -0.810. The van der Waals surface area contributed by atoms with Crippen molar-refractivity contribution in [2.75, 3.05) is 17.3 Å². The van der Waals surface area contributed by atoms with E-state index in [1.807, 2.05) is 23.9 Å². The molecule has 0 saturated heterocycles. The standard InChI is InChI=1S/C11H17N3S2/c1-8(4-6-16-2)14-9-3-5-13-10(7-9)11(12)15/h3,5,7-8H,4,6H2,1-2H3,(H2,12,15)(H,13,14). The molecule has 0 saturated carbocycles. The maximum absolute atomic E-state index is 5.53. The topological polar surface area (TPSA) is 50.9 Å². The van der Waals surface area contributed by atoms with E-state index in [1.165, 1.54) is 0 Å². The average molecular weight is 255 g/mol. The minimum atomic E-state index is 0.334. The molecular formula is C11H17N3S2. The van der Waals surface area contributed by atoms with Crippen molar-refractivity contribution in [2.24, 2.45) is 5.73 Å². The van der Waals surface area contributed by atoms with Crippen LogP contribution in [0.1, 0.15) is 19.0 Å². The monoisotopic (exact) mass is 255 g/mol. The van der Waals surface area contributed by atoms with Gasteiger partial charge in [0, 0.05) is 17.9 Å². The molecule has 1 unspecified atom stereocenters. The van der Waals surface area contributed by atoms with Gasteiger partial charge in [0.15, 0.2) is 0 Å². The lowest BCUT2D eigenvalue weighted by molar-refractivity contribution is 0.772. The fraction of sp³-hybridized carbons (Fsp3) is 0.455. The molecule has 0 amide bonds. The van der Waals surface area contributed by atoms with Crippen molar-refractivity contribution in [1.29, 1.82) is 0 Å². The number of pyridine rings is 1. The fourth-order valence-corrected chi connectivity index (χ4v) is 2.01. The number of nitrogens with zero attached hydrogens (tertiary/aromatic N) is 1. The maximum Gasteiger partial charge on any atom is 0.122 e. The zero-order valence-corrected chi connectivity index (χ0v) is 11.2. The number of hydrogen-bond donors (Lipinski definition) is 2. The van der Waals surface area contributed by atoms with Crippen molar-refractivity contribution in [3.63, 3.8) is 0 Å². The van der Waals surface area contributed by atoms with Gasteiger partial charge in [0.05, 0.1) is 5.69 Å². The van der Waals surface area contributed by atoms with E-state index in [2.05, 4.69) is 23.5 Å². The molecule has 1 aromatic rings. The molecule has 0 radical (unpaired) electrons. The van der Waals surface area contributed by atoms with Crippen LogP contribution in [0.25, 0.3) is 0 Å². The number of nitrogens with one attached hydrogen (secondary N) is 1. The molecule has 0 aliphatic heterocycles. The van der Waals surface area contributed by atoms with Gasteiger partial charge in [-0.15, -0.1) is 0 Å². The molecule has 3 nitrogen and oxygen atoms in total. The fourth-order valence-electron chi connectivity index (χ4n) is 1.31. The minimum absolute atomic E-state index is 0.334. The molecule has 0 bridgehead atoms. The number of hydrogen-bond acceptors (Lipinski definition) is 4. The highest BCUT2D eigenvalue weighted by Crippen LogP contribution is 2.11. The van der Waals surface area contributed by atoms with Gasteiger partial charge in [-0.05, 0) is 37.5 Å². The second-order valence-electron chi connectivity index (χ2n) is 3.62. The molecule has 16 heavy (non-hydrogen) atoms. The van der Waals surface area contributed by atoms with Crippen LogP contribution in [-0.2, 0) is 0 Å². The summed E-state index contributed by atoms with van der Waals surface area (Å²) in [5.41, 5.74) is 7.22. The van der Waals surface area contributed by atoms with E-state index in [1.54, 1.807) is 6.20 Å². The van der Waals surface area contributed by atoms with Gasteiger partial charge >= 0.3 is 0 Å². The zero-order valence-electron chi connectivity index (χ0n) is 9.56. The van der Waals surface area contributed by atoms with Crippen molar-refractivity contribution in [1.82, 2.24) is 4.98 Å². The number of thioether (sulfide) groups is 1.